The minimum Gasteiger partial charge on any atom is -0.210 e. The SMILES string of the molecule is Fc1cccc(F)c1-n1nncc1CCl. The lowest BCUT2D eigenvalue weighted by molar-refractivity contribution is 0.553. The summed E-state index contributed by atoms with van der Waals surface area (Å²) in [7, 11) is 0. The van der Waals surface area contributed by atoms with Crippen LogP contribution in [0.5, 0.6) is 0 Å². The van der Waals surface area contributed by atoms with Crippen molar-refractivity contribution in [3.05, 3.63) is 41.7 Å². The van der Waals surface area contributed by atoms with Crippen LogP contribution in [0.1, 0.15) is 5.69 Å². The Morgan fingerprint density at radius 3 is 2.53 bits per heavy atom. The summed E-state index contributed by atoms with van der Waals surface area (Å²) in [5, 5.41) is 7.13. The zero-order valence-corrected chi connectivity index (χ0v) is 8.25. The third-order valence-electron chi connectivity index (χ3n) is 1.91. The molecule has 0 atom stereocenters. The van der Waals surface area contributed by atoms with Crippen LogP contribution in [-0.2, 0) is 5.88 Å². The van der Waals surface area contributed by atoms with Crippen LogP contribution in [0.2, 0.25) is 0 Å². The maximum atomic E-state index is 13.4. The van der Waals surface area contributed by atoms with Gasteiger partial charge in [0.1, 0.15) is 5.69 Å². The monoisotopic (exact) mass is 229 g/mol. The Kier molecular flexibility index (Phi) is 2.64. The van der Waals surface area contributed by atoms with Crippen LogP contribution < -0.4 is 0 Å². The van der Waals surface area contributed by atoms with Gasteiger partial charge in [0.2, 0.25) is 0 Å². The van der Waals surface area contributed by atoms with Crippen LogP contribution in [0.15, 0.2) is 24.4 Å². The zero-order valence-electron chi connectivity index (χ0n) is 7.49. The number of hydrogen-bond donors (Lipinski definition) is 0. The molecule has 0 bridgehead atoms. The normalized spacial score (nSPS) is 10.6. The molecule has 0 N–H and O–H groups in total. The van der Waals surface area contributed by atoms with E-state index in [4.69, 9.17) is 11.6 Å². The summed E-state index contributed by atoms with van der Waals surface area (Å²) in [6.45, 7) is 0. The van der Waals surface area contributed by atoms with Gasteiger partial charge in [0.25, 0.3) is 0 Å². The molecule has 1 heterocycles. The number of hydrogen-bond acceptors (Lipinski definition) is 2. The lowest BCUT2D eigenvalue weighted by Crippen LogP contribution is -2.06. The molecule has 2 aromatic rings. The molecule has 15 heavy (non-hydrogen) atoms. The first-order chi connectivity index (χ1) is 7.24. The topological polar surface area (TPSA) is 30.7 Å². The molecule has 1 aromatic carbocycles. The van der Waals surface area contributed by atoms with Crippen molar-refractivity contribution in [2.75, 3.05) is 0 Å². The third-order valence-corrected chi connectivity index (χ3v) is 2.18. The number of alkyl halides is 1. The second kappa shape index (κ2) is 3.94. The molecule has 6 heteroatoms. The molecule has 78 valence electrons. The van der Waals surface area contributed by atoms with Crippen LogP contribution in [0.3, 0.4) is 0 Å². The minimum absolute atomic E-state index is 0.0841. The Labute approximate surface area is 89.3 Å². The van der Waals surface area contributed by atoms with Gasteiger partial charge >= 0.3 is 0 Å². The van der Waals surface area contributed by atoms with E-state index in [0.717, 1.165) is 16.8 Å². The fraction of sp³-hybridized carbons (Fsp3) is 0.111. The van der Waals surface area contributed by atoms with Crippen molar-refractivity contribution >= 4 is 11.6 Å². The molecule has 0 spiro atoms. The predicted octanol–water partition coefficient (Wildman–Crippen LogP) is 2.28. The summed E-state index contributed by atoms with van der Waals surface area (Å²) in [5.74, 6) is -1.32. The van der Waals surface area contributed by atoms with Gasteiger partial charge in [-0.05, 0) is 12.1 Å². The lowest BCUT2D eigenvalue weighted by atomic mass is 10.3. The molecule has 0 aliphatic carbocycles. The molecule has 3 nitrogen and oxygen atoms in total. The van der Waals surface area contributed by atoms with E-state index < -0.39 is 11.6 Å². The summed E-state index contributed by atoms with van der Waals surface area (Å²) < 4.78 is 27.8. The van der Waals surface area contributed by atoms with Crippen molar-refractivity contribution in [3.8, 4) is 5.69 Å². The minimum atomic E-state index is -0.702. The van der Waals surface area contributed by atoms with Crippen LogP contribution in [0.4, 0.5) is 8.78 Å². The van der Waals surface area contributed by atoms with Gasteiger partial charge in [0.15, 0.2) is 11.6 Å². The maximum Gasteiger partial charge on any atom is 0.151 e. The van der Waals surface area contributed by atoms with E-state index in [1.165, 1.54) is 12.3 Å². The summed E-state index contributed by atoms with van der Waals surface area (Å²) in [6.07, 6.45) is 1.36. The van der Waals surface area contributed by atoms with E-state index in [2.05, 4.69) is 10.3 Å². The van der Waals surface area contributed by atoms with E-state index in [9.17, 15) is 8.78 Å². The molecule has 0 radical (unpaired) electrons. The Morgan fingerprint density at radius 2 is 1.93 bits per heavy atom. The van der Waals surface area contributed by atoms with Gasteiger partial charge < -0.3 is 0 Å². The highest BCUT2D eigenvalue weighted by atomic mass is 35.5. The lowest BCUT2D eigenvalue weighted by Gasteiger charge is -2.05. The van der Waals surface area contributed by atoms with Crippen molar-refractivity contribution in [1.82, 2.24) is 15.0 Å². The van der Waals surface area contributed by atoms with E-state index in [1.807, 2.05) is 0 Å². The van der Waals surface area contributed by atoms with Crippen LogP contribution >= 0.6 is 11.6 Å². The average molecular weight is 230 g/mol. The number of aromatic nitrogens is 3. The molecule has 0 amide bonds. The Bertz CT molecular complexity index is 464. The molecule has 0 aliphatic heterocycles. The standard InChI is InChI=1S/C9H6ClF2N3/c10-4-6-5-13-14-15(6)9-7(11)2-1-3-8(9)12/h1-3,5H,4H2. The van der Waals surface area contributed by atoms with Crippen molar-refractivity contribution in [2.24, 2.45) is 0 Å². The van der Waals surface area contributed by atoms with Gasteiger partial charge in [0, 0.05) is 0 Å². The van der Waals surface area contributed by atoms with Crippen LogP contribution in [0, 0.1) is 11.6 Å². The first-order valence-corrected chi connectivity index (χ1v) is 4.67. The predicted molar refractivity (Wildman–Crippen MR) is 50.8 cm³/mol. The number of rotatable bonds is 2. The van der Waals surface area contributed by atoms with Gasteiger partial charge in [-0.1, -0.05) is 11.3 Å². The Balaban J connectivity index is 2.63. The van der Waals surface area contributed by atoms with Crippen LogP contribution in [0.25, 0.3) is 5.69 Å². The van der Waals surface area contributed by atoms with Gasteiger partial charge in [-0.15, -0.1) is 16.7 Å². The van der Waals surface area contributed by atoms with E-state index >= 15 is 0 Å². The van der Waals surface area contributed by atoms with Gasteiger partial charge in [-0.2, -0.15) is 0 Å². The molecule has 0 unspecified atom stereocenters. The van der Waals surface area contributed by atoms with E-state index in [0.29, 0.717) is 5.69 Å². The first-order valence-electron chi connectivity index (χ1n) is 4.14. The quantitative estimate of drug-likeness (QED) is 0.740. The summed E-state index contributed by atoms with van der Waals surface area (Å²) in [6, 6.07) is 3.58. The average Bonchev–Trinajstić information content (AvgIpc) is 2.65. The number of halogens is 3. The highest BCUT2D eigenvalue weighted by molar-refractivity contribution is 6.16. The number of para-hydroxylation sites is 1. The molecule has 0 saturated heterocycles. The van der Waals surface area contributed by atoms with Crippen molar-refractivity contribution < 1.29 is 8.78 Å². The smallest absolute Gasteiger partial charge is 0.151 e. The highest BCUT2D eigenvalue weighted by Gasteiger charge is 2.14. The summed E-state index contributed by atoms with van der Waals surface area (Å²) in [4.78, 5) is 0. The fourth-order valence-corrected chi connectivity index (χ4v) is 1.41. The third kappa shape index (κ3) is 1.70. The van der Waals surface area contributed by atoms with E-state index in [-0.39, 0.29) is 11.6 Å². The Morgan fingerprint density at radius 1 is 1.27 bits per heavy atom. The molecular formula is C9H6ClF2N3. The first kappa shape index (κ1) is 10.0. The zero-order chi connectivity index (χ0) is 10.8. The summed E-state index contributed by atoms with van der Waals surface area (Å²) >= 11 is 5.58. The molecule has 0 aliphatic rings. The van der Waals surface area contributed by atoms with Gasteiger partial charge in [0.05, 0.1) is 17.8 Å². The molecule has 2 rings (SSSR count). The molecule has 0 fully saturated rings. The van der Waals surface area contributed by atoms with Gasteiger partial charge in [-0.3, -0.25) is 0 Å². The second-order valence-corrected chi connectivity index (χ2v) is 3.11. The van der Waals surface area contributed by atoms with Crippen LogP contribution in [-0.4, -0.2) is 15.0 Å². The maximum absolute atomic E-state index is 13.4. The highest BCUT2D eigenvalue weighted by Crippen LogP contribution is 2.18. The molecule has 0 saturated carbocycles. The van der Waals surface area contributed by atoms with E-state index in [1.54, 1.807) is 0 Å². The fourth-order valence-electron chi connectivity index (χ4n) is 1.23. The number of nitrogens with zero attached hydrogens (tertiary/aromatic N) is 3. The van der Waals surface area contributed by atoms with Gasteiger partial charge in [-0.25, -0.2) is 13.5 Å². The summed E-state index contributed by atoms with van der Waals surface area (Å²) in [5.41, 5.74) is 0.173. The van der Waals surface area contributed by atoms with Crippen molar-refractivity contribution in [3.63, 3.8) is 0 Å². The van der Waals surface area contributed by atoms with Crippen molar-refractivity contribution in [2.45, 2.75) is 5.88 Å². The van der Waals surface area contributed by atoms with Crippen molar-refractivity contribution in [1.29, 1.82) is 0 Å². The molecule has 1 aromatic heterocycles. The number of benzene rings is 1. The Hall–Kier alpha value is -1.49. The molecular weight excluding hydrogens is 224 g/mol. The largest absolute Gasteiger partial charge is 0.210 e. The second-order valence-electron chi connectivity index (χ2n) is 2.84.